The summed E-state index contributed by atoms with van der Waals surface area (Å²) in [5, 5.41) is 11.7. The summed E-state index contributed by atoms with van der Waals surface area (Å²) in [6, 6.07) is 1.47. The number of aliphatic hydroxyl groups is 1. The van der Waals surface area contributed by atoms with Crippen molar-refractivity contribution in [3.05, 3.63) is 11.8 Å². The van der Waals surface area contributed by atoms with E-state index in [0.29, 0.717) is 11.6 Å². The maximum atomic E-state index is 8.36. The van der Waals surface area contributed by atoms with Crippen LogP contribution in [0.25, 0.3) is 0 Å². The topological polar surface area (TPSA) is 72.3 Å². The zero-order valence-electron chi connectivity index (χ0n) is 4.16. The average molecular weight is 114 g/mol. The fourth-order valence-electron chi connectivity index (χ4n) is 0.403. The molecule has 44 valence electrons. The Kier molecular flexibility index (Phi) is 1.17. The fourth-order valence-corrected chi connectivity index (χ4v) is 0.403. The molecule has 0 aliphatic carbocycles. The molecule has 0 saturated carbocycles. The van der Waals surface area contributed by atoms with Crippen molar-refractivity contribution in [1.82, 2.24) is 5.16 Å². The van der Waals surface area contributed by atoms with Crippen molar-refractivity contribution < 1.29 is 9.63 Å². The smallest absolute Gasteiger partial charge is 0.167 e. The number of aromatic nitrogens is 1. The van der Waals surface area contributed by atoms with Gasteiger partial charge in [0.1, 0.15) is 6.61 Å². The van der Waals surface area contributed by atoms with E-state index in [1.165, 1.54) is 6.07 Å². The number of nitrogens with two attached hydrogens (primary N) is 1. The molecule has 8 heavy (non-hydrogen) atoms. The molecule has 4 nitrogen and oxygen atoms in total. The summed E-state index contributed by atoms with van der Waals surface area (Å²) in [4.78, 5) is 0. The molecule has 1 aromatic rings. The Balaban J connectivity index is 2.84. The molecular weight excluding hydrogens is 108 g/mol. The lowest BCUT2D eigenvalue weighted by Crippen LogP contribution is -1.80. The first kappa shape index (κ1) is 5.11. The lowest BCUT2D eigenvalue weighted by molar-refractivity contribution is 0.229. The Morgan fingerprint density at radius 1 is 1.88 bits per heavy atom. The zero-order valence-corrected chi connectivity index (χ0v) is 4.16. The van der Waals surface area contributed by atoms with E-state index >= 15 is 0 Å². The molecule has 0 atom stereocenters. The number of nitrogen functional groups attached to an aromatic ring is 1. The average Bonchev–Trinajstić information content (AvgIpc) is 2.14. The fraction of sp³-hybridized carbons (Fsp3) is 0.250. The number of aliphatic hydroxyl groups excluding tert-OH is 1. The second kappa shape index (κ2) is 1.83. The normalized spacial score (nSPS) is 9.62. The van der Waals surface area contributed by atoms with Gasteiger partial charge >= 0.3 is 0 Å². The van der Waals surface area contributed by atoms with Gasteiger partial charge in [0, 0.05) is 6.07 Å². The zero-order chi connectivity index (χ0) is 5.98. The van der Waals surface area contributed by atoms with Crippen LogP contribution >= 0.6 is 0 Å². The van der Waals surface area contributed by atoms with E-state index in [9.17, 15) is 0 Å². The van der Waals surface area contributed by atoms with Crippen LogP contribution in [0.15, 0.2) is 10.6 Å². The predicted octanol–water partition coefficient (Wildman–Crippen LogP) is -0.251. The van der Waals surface area contributed by atoms with Gasteiger partial charge in [0.15, 0.2) is 11.6 Å². The molecule has 1 rings (SSSR count). The Bertz CT molecular complexity index is 172. The van der Waals surface area contributed by atoms with Crippen molar-refractivity contribution >= 4 is 5.82 Å². The van der Waals surface area contributed by atoms with Gasteiger partial charge in [-0.2, -0.15) is 0 Å². The van der Waals surface area contributed by atoms with Crippen LogP contribution in [0.1, 0.15) is 5.76 Å². The lowest BCUT2D eigenvalue weighted by atomic mass is 10.5. The highest BCUT2D eigenvalue weighted by atomic mass is 16.5. The number of anilines is 1. The van der Waals surface area contributed by atoms with Crippen LogP contribution in [-0.4, -0.2) is 10.3 Å². The van der Waals surface area contributed by atoms with Crippen LogP contribution in [0.4, 0.5) is 5.82 Å². The summed E-state index contributed by atoms with van der Waals surface area (Å²) < 4.78 is 4.49. The first-order valence-electron chi connectivity index (χ1n) is 2.15. The maximum Gasteiger partial charge on any atom is 0.167 e. The van der Waals surface area contributed by atoms with Gasteiger partial charge in [-0.05, 0) is 0 Å². The summed E-state index contributed by atoms with van der Waals surface area (Å²) >= 11 is 0. The minimum absolute atomic E-state index is 0.149. The molecule has 0 radical (unpaired) electrons. The highest BCUT2D eigenvalue weighted by Gasteiger charge is 1.95. The Hall–Kier alpha value is -1.03. The molecule has 0 amide bonds. The van der Waals surface area contributed by atoms with E-state index in [-0.39, 0.29) is 6.61 Å². The van der Waals surface area contributed by atoms with Crippen molar-refractivity contribution in [2.45, 2.75) is 6.61 Å². The van der Waals surface area contributed by atoms with Gasteiger partial charge in [0.05, 0.1) is 0 Å². The second-order valence-corrected chi connectivity index (χ2v) is 1.38. The van der Waals surface area contributed by atoms with E-state index in [2.05, 4.69) is 9.68 Å². The van der Waals surface area contributed by atoms with Crippen LogP contribution in [-0.2, 0) is 6.61 Å². The van der Waals surface area contributed by atoms with Crippen molar-refractivity contribution in [3.8, 4) is 0 Å². The third-order valence-electron chi connectivity index (χ3n) is 0.733. The third-order valence-corrected chi connectivity index (χ3v) is 0.733. The minimum Gasteiger partial charge on any atom is -0.388 e. The molecule has 0 saturated heterocycles. The molecule has 1 heterocycles. The lowest BCUT2D eigenvalue weighted by Gasteiger charge is -1.76. The summed E-state index contributed by atoms with van der Waals surface area (Å²) in [7, 11) is 0. The van der Waals surface area contributed by atoms with Gasteiger partial charge in [-0.15, -0.1) is 0 Å². The summed E-state index contributed by atoms with van der Waals surface area (Å²) in [5.41, 5.74) is 5.14. The van der Waals surface area contributed by atoms with Gasteiger partial charge in [0.25, 0.3) is 0 Å². The molecule has 1 aromatic heterocycles. The predicted molar refractivity (Wildman–Crippen MR) is 26.8 cm³/mol. The molecule has 0 unspecified atom stereocenters. The quantitative estimate of drug-likeness (QED) is 0.528. The van der Waals surface area contributed by atoms with E-state index in [1.807, 2.05) is 0 Å². The molecule has 0 spiro atoms. The Labute approximate surface area is 45.9 Å². The summed E-state index contributed by atoms with van der Waals surface area (Å²) in [6.45, 7) is -0.149. The van der Waals surface area contributed by atoms with Crippen molar-refractivity contribution in [2.75, 3.05) is 5.73 Å². The summed E-state index contributed by atoms with van der Waals surface area (Å²) in [6.07, 6.45) is 0. The number of hydrogen-bond donors (Lipinski definition) is 2. The Morgan fingerprint density at radius 3 is 2.88 bits per heavy atom. The monoisotopic (exact) mass is 114 g/mol. The summed E-state index contributed by atoms with van der Waals surface area (Å²) in [5.74, 6) is 0.691. The first-order chi connectivity index (χ1) is 3.83. The van der Waals surface area contributed by atoms with Gasteiger partial charge in [0.2, 0.25) is 0 Å². The van der Waals surface area contributed by atoms with Crippen LogP contribution in [0.2, 0.25) is 0 Å². The molecule has 0 aromatic carbocycles. The molecule has 0 fully saturated rings. The van der Waals surface area contributed by atoms with Crippen molar-refractivity contribution in [2.24, 2.45) is 0 Å². The van der Waals surface area contributed by atoms with Crippen molar-refractivity contribution in [3.63, 3.8) is 0 Å². The standard InChI is InChI=1S/C4H6N2O2/c5-4-1-3(2-7)8-6-4/h1,7H,2H2,(H2,5,6). The second-order valence-electron chi connectivity index (χ2n) is 1.38. The largest absolute Gasteiger partial charge is 0.388 e. The van der Waals surface area contributed by atoms with Gasteiger partial charge in [-0.1, -0.05) is 5.16 Å². The van der Waals surface area contributed by atoms with E-state index < -0.39 is 0 Å². The third kappa shape index (κ3) is 0.788. The molecule has 4 heteroatoms. The van der Waals surface area contributed by atoms with Gasteiger partial charge in [-0.25, -0.2) is 0 Å². The SMILES string of the molecule is Nc1cc(CO)on1. The number of hydrogen-bond acceptors (Lipinski definition) is 4. The van der Waals surface area contributed by atoms with Crippen molar-refractivity contribution in [1.29, 1.82) is 0 Å². The number of rotatable bonds is 1. The Morgan fingerprint density at radius 2 is 2.62 bits per heavy atom. The van der Waals surface area contributed by atoms with Crippen LogP contribution in [0, 0.1) is 0 Å². The molecular formula is C4H6N2O2. The molecule has 0 aliphatic heterocycles. The highest BCUT2D eigenvalue weighted by Crippen LogP contribution is 2.02. The van der Waals surface area contributed by atoms with Gasteiger partial charge < -0.3 is 15.4 Å². The molecule has 0 aliphatic rings. The van der Waals surface area contributed by atoms with Gasteiger partial charge in [-0.3, -0.25) is 0 Å². The van der Waals surface area contributed by atoms with E-state index in [4.69, 9.17) is 10.8 Å². The van der Waals surface area contributed by atoms with Crippen LogP contribution in [0.5, 0.6) is 0 Å². The van der Waals surface area contributed by atoms with E-state index in [0.717, 1.165) is 0 Å². The minimum atomic E-state index is -0.149. The molecule has 3 N–H and O–H groups in total. The first-order valence-corrected chi connectivity index (χ1v) is 2.15. The molecule has 0 bridgehead atoms. The highest BCUT2D eigenvalue weighted by molar-refractivity contribution is 5.25. The van der Waals surface area contributed by atoms with E-state index in [1.54, 1.807) is 0 Å². The maximum absolute atomic E-state index is 8.36. The van der Waals surface area contributed by atoms with Crippen LogP contribution in [0.3, 0.4) is 0 Å². The number of nitrogens with zero attached hydrogens (tertiary/aromatic N) is 1. The van der Waals surface area contributed by atoms with Crippen LogP contribution < -0.4 is 5.73 Å².